The van der Waals surface area contributed by atoms with Gasteiger partial charge in [0.25, 0.3) is 0 Å². The first-order chi connectivity index (χ1) is 13.5. The summed E-state index contributed by atoms with van der Waals surface area (Å²) in [6.07, 6.45) is 0.121. The number of hydrogen-bond donors (Lipinski definition) is 2. The monoisotopic (exact) mass is 392 g/mol. The van der Waals surface area contributed by atoms with E-state index in [0.717, 1.165) is 16.1 Å². The van der Waals surface area contributed by atoms with E-state index in [-0.39, 0.29) is 30.0 Å². The van der Waals surface area contributed by atoms with E-state index >= 15 is 0 Å². The Kier molecular flexibility index (Phi) is 4.88. The lowest BCUT2D eigenvalue weighted by atomic mass is 9.97. The van der Waals surface area contributed by atoms with Gasteiger partial charge in [-0.3, -0.25) is 9.59 Å². The summed E-state index contributed by atoms with van der Waals surface area (Å²) < 4.78 is 0. The summed E-state index contributed by atoms with van der Waals surface area (Å²) in [5, 5.41) is 14.7. The van der Waals surface area contributed by atoms with Crippen molar-refractivity contribution in [2.75, 3.05) is 10.2 Å². The number of phenolic OH excluding ortho intramolecular Hbond substituents is 1. The molecular formula is C22H20N2O3S. The Morgan fingerprint density at radius 3 is 2.54 bits per heavy atom. The summed E-state index contributed by atoms with van der Waals surface area (Å²) in [5.74, 6) is -0.905. The van der Waals surface area contributed by atoms with Gasteiger partial charge < -0.3 is 15.3 Å². The van der Waals surface area contributed by atoms with Gasteiger partial charge in [0.05, 0.1) is 17.6 Å². The molecule has 3 aromatic rings. The molecule has 1 saturated heterocycles. The van der Waals surface area contributed by atoms with Gasteiger partial charge in [0, 0.05) is 17.0 Å². The highest BCUT2D eigenvalue weighted by atomic mass is 32.1. The van der Waals surface area contributed by atoms with Crippen molar-refractivity contribution in [1.82, 2.24) is 0 Å². The Hall–Kier alpha value is -3.12. The zero-order valence-electron chi connectivity index (χ0n) is 15.3. The Morgan fingerprint density at radius 1 is 1.11 bits per heavy atom. The average molecular weight is 392 g/mol. The van der Waals surface area contributed by atoms with Crippen molar-refractivity contribution in [3.8, 4) is 5.75 Å². The first-order valence-electron chi connectivity index (χ1n) is 9.05. The van der Waals surface area contributed by atoms with Crippen LogP contribution in [0.3, 0.4) is 0 Å². The van der Waals surface area contributed by atoms with Crippen molar-refractivity contribution in [3.63, 3.8) is 0 Å². The van der Waals surface area contributed by atoms with E-state index in [1.165, 1.54) is 17.4 Å². The highest BCUT2D eigenvalue weighted by molar-refractivity contribution is 7.10. The van der Waals surface area contributed by atoms with E-state index in [1.54, 1.807) is 23.1 Å². The maximum atomic E-state index is 13.1. The summed E-state index contributed by atoms with van der Waals surface area (Å²) in [4.78, 5) is 28.6. The summed E-state index contributed by atoms with van der Waals surface area (Å²) in [7, 11) is 0. The van der Waals surface area contributed by atoms with Crippen LogP contribution in [0.1, 0.15) is 22.9 Å². The molecule has 1 aliphatic heterocycles. The van der Waals surface area contributed by atoms with E-state index in [9.17, 15) is 14.7 Å². The van der Waals surface area contributed by atoms with Gasteiger partial charge in [-0.05, 0) is 42.6 Å². The van der Waals surface area contributed by atoms with Gasteiger partial charge in [-0.2, -0.15) is 0 Å². The maximum absolute atomic E-state index is 13.1. The van der Waals surface area contributed by atoms with Crippen LogP contribution in [0.4, 0.5) is 11.4 Å². The fourth-order valence-electron chi connectivity index (χ4n) is 3.57. The molecule has 0 radical (unpaired) electrons. The van der Waals surface area contributed by atoms with Crippen LogP contribution in [-0.2, 0) is 9.59 Å². The lowest BCUT2D eigenvalue weighted by Gasteiger charge is -2.27. The summed E-state index contributed by atoms with van der Waals surface area (Å²) in [6, 6.07) is 17.8. The quantitative estimate of drug-likeness (QED) is 0.643. The van der Waals surface area contributed by atoms with Gasteiger partial charge in [-0.1, -0.05) is 35.9 Å². The number of aromatic hydroxyl groups is 1. The number of hydrogen-bond acceptors (Lipinski definition) is 4. The van der Waals surface area contributed by atoms with E-state index in [2.05, 4.69) is 5.32 Å². The first kappa shape index (κ1) is 18.3. The molecule has 2 amide bonds. The Bertz CT molecular complexity index is 999. The Balaban J connectivity index is 1.68. The SMILES string of the molecule is Cc1ccc(N2C(=O)C[C@@H](C(=O)Nc3ccccc3O)[C@H]2c2cccs2)cc1. The number of nitrogens with one attached hydrogen (secondary N) is 1. The topological polar surface area (TPSA) is 69.6 Å². The van der Waals surface area contributed by atoms with Crippen molar-refractivity contribution >= 4 is 34.5 Å². The molecule has 2 atom stereocenters. The molecule has 2 N–H and O–H groups in total. The molecule has 5 nitrogen and oxygen atoms in total. The number of anilines is 2. The molecule has 0 spiro atoms. The predicted octanol–water partition coefficient (Wildman–Crippen LogP) is 4.50. The lowest BCUT2D eigenvalue weighted by molar-refractivity contribution is -0.122. The van der Waals surface area contributed by atoms with Crippen molar-refractivity contribution in [3.05, 3.63) is 76.5 Å². The molecule has 1 aromatic heterocycles. The first-order valence-corrected chi connectivity index (χ1v) is 9.93. The molecule has 0 aliphatic carbocycles. The number of carbonyl (C=O) groups is 2. The molecule has 6 heteroatoms. The fourth-order valence-corrected chi connectivity index (χ4v) is 4.45. The molecule has 2 aromatic carbocycles. The third kappa shape index (κ3) is 3.39. The van der Waals surface area contributed by atoms with E-state index in [4.69, 9.17) is 0 Å². The third-order valence-electron chi connectivity index (χ3n) is 4.97. The highest BCUT2D eigenvalue weighted by Gasteiger charge is 2.45. The van der Waals surface area contributed by atoms with Gasteiger partial charge in [-0.25, -0.2) is 0 Å². The highest BCUT2D eigenvalue weighted by Crippen LogP contribution is 2.43. The molecule has 0 saturated carbocycles. The molecule has 4 rings (SSSR count). The number of carbonyl (C=O) groups excluding carboxylic acids is 2. The molecule has 0 unspecified atom stereocenters. The van der Waals surface area contributed by atoms with Gasteiger partial charge in [-0.15, -0.1) is 11.3 Å². The number of para-hydroxylation sites is 2. The second kappa shape index (κ2) is 7.48. The van der Waals surface area contributed by atoms with E-state index < -0.39 is 5.92 Å². The van der Waals surface area contributed by atoms with Crippen LogP contribution in [0.25, 0.3) is 0 Å². The molecule has 0 bridgehead atoms. The van der Waals surface area contributed by atoms with Gasteiger partial charge in [0.2, 0.25) is 11.8 Å². The molecule has 1 fully saturated rings. The average Bonchev–Trinajstić information content (AvgIpc) is 3.32. The lowest BCUT2D eigenvalue weighted by Crippen LogP contribution is -2.32. The van der Waals surface area contributed by atoms with Crippen molar-refractivity contribution in [1.29, 1.82) is 0 Å². The number of benzene rings is 2. The fraction of sp³-hybridized carbons (Fsp3) is 0.182. The summed E-state index contributed by atoms with van der Waals surface area (Å²) in [6.45, 7) is 1.99. The smallest absolute Gasteiger partial charge is 0.230 e. The minimum absolute atomic E-state index is 0.00300. The Morgan fingerprint density at radius 2 is 1.86 bits per heavy atom. The van der Waals surface area contributed by atoms with Gasteiger partial charge in [0.1, 0.15) is 5.75 Å². The van der Waals surface area contributed by atoms with Crippen LogP contribution in [0.5, 0.6) is 5.75 Å². The number of aryl methyl sites for hydroxylation is 1. The molecular weight excluding hydrogens is 372 g/mol. The van der Waals surface area contributed by atoms with Crippen LogP contribution < -0.4 is 10.2 Å². The number of amides is 2. The predicted molar refractivity (Wildman–Crippen MR) is 111 cm³/mol. The number of nitrogens with zero attached hydrogens (tertiary/aromatic N) is 1. The number of rotatable bonds is 4. The van der Waals surface area contributed by atoms with E-state index in [1.807, 2.05) is 48.7 Å². The van der Waals surface area contributed by atoms with Crippen LogP contribution >= 0.6 is 11.3 Å². The van der Waals surface area contributed by atoms with E-state index in [0.29, 0.717) is 5.69 Å². The van der Waals surface area contributed by atoms with Crippen LogP contribution in [-0.4, -0.2) is 16.9 Å². The molecule has 1 aliphatic rings. The van der Waals surface area contributed by atoms with Crippen LogP contribution in [0.15, 0.2) is 66.0 Å². The number of phenols is 1. The second-order valence-corrected chi connectivity index (χ2v) is 7.86. The largest absolute Gasteiger partial charge is 0.506 e. The minimum atomic E-state index is -0.549. The zero-order chi connectivity index (χ0) is 19.7. The van der Waals surface area contributed by atoms with Gasteiger partial charge in [0.15, 0.2) is 0 Å². The summed E-state index contributed by atoms with van der Waals surface area (Å²) >= 11 is 1.53. The number of thiophene rings is 1. The minimum Gasteiger partial charge on any atom is -0.506 e. The molecule has 2 heterocycles. The van der Waals surface area contributed by atoms with Crippen molar-refractivity contribution < 1.29 is 14.7 Å². The summed E-state index contributed by atoms with van der Waals surface area (Å²) in [5.41, 5.74) is 2.24. The normalized spacial score (nSPS) is 19.0. The molecule has 142 valence electrons. The third-order valence-corrected chi connectivity index (χ3v) is 5.91. The zero-order valence-corrected chi connectivity index (χ0v) is 16.1. The van der Waals surface area contributed by atoms with Crippen LogP contribution in [0.2, 0.25) is 0 Å². The second-order valence-electron chi connectivity index (χ2n) is 6.88. The standard InChI is InChI=1S/C22H20N2O3S/c1-14-8-10-15(11-9-14)24-20(26)13-16(21(24)19-7-4-12-28-19)22(27)23-17-5-2-3-6-18(17)25/h2-12,16,21,25H,13H2,1H3,(H,23,27)/t16-,21+/m1/s1. The maximum Gasteiger partial charge on any atom is 0.230 e. The molecule has 28 heavy (non-hydrogen) atoms. The van der Waals surface area contributed by atoms with Crippen molar-refractivity contribution in [2.24, 2.45) is 5.92 Å². The van der Waals surface area contributed by atoms with Crippen LogP contribution in [0, 0.1) is 12.8 Å². The van der Waals surface area contributed by atoms with Crippen molar-refractivity contribution in [2.45, 2.75) is 19.4 Å². The Labute approximate surface area is 167 Å². The van der Waals surface area contributed by atoms with Gasteiger partial charge >= 0.3 is 0 Å².